The van der Waals surface area contributed by atoms with Gasteiger partial charge >= 0.3 is 5.97 Å². The summed E-state index contributed by atoms with van der Waals surface area (Å²) in [4.78, 5) is 11.9. The second-order valence-corrected chi connectivity index (χ2v) is 6.30. The Balaban J connectivity index is 2.78. The molecule has 0 heterocycles. The van der Waals surface area contributed by atoms with Crippen molar-refractivity contribution in [1.29, 1.82) is 0 Å². The lowest BCUT2D eigenvalue weighted by molar-refractivity contribution is -0.143. The fourth-order valence-electron chi connectivity index (χ4n) is 3.37. The molecule has 104 valence electrons. The van der Waals surface area contributed by atoms with Gasteiger partial charge in [-0.3, -0.25) is 4.79 Å². The first-order valence-corrected chi connectivity index (χ1v) is 7.34. The Morgan fingerprint density at radius 1 is 1.11 bits per heavy atom. The van der Waals surface area contributed by atoms with E-state index in [4.69, 9.17) is 0 Å². The highest BCUT2D eigenvalue weighted by atomic mass is 79.9. The number of carbonyl (C=O) groups is 1. The third kappa shape index (κ3) is 1.97. The van der Waals surface area contributed by atoms with Crippen molar-refractivity contribution < 1.29 is 15.0 Å². The molecule has 4 heteroatoms. The Morgan fingerprint density at radius 3 is 2.11 bits per heavy atom. The second-order valence-electron chi connectivity index (χ2n) is 5.51. The smallest absolute Gasteiger partial charge is 0.314 e. The third-order valence-corrected chi connectivity index (χ3v) is 5.52. The zero-order valence-corrected chi connectivity index (χ0v) is 13.1. The van der Waals surface area contributed by atoms with Crippen LogP contribution in [0.1, 0.15) is 47.9 Å². The molecule has 2 N–H and O–H groups in total. The summed E-state index contributed by atoms with van der Waals surface area (Å²) in [6.07, 6.45) is 3.26. The van der Waals surface area contributed by atoms with Crippen molar-refractivity contribution in [2.45, 2.75) is 51.9 Å². The molecule has 0 saturated heterocycles. The van der Waals surface area contributed by atoms with Crippen molar-refractivity contribution in [2.24, 2.45) is 0 Å². The molecular weight excluding hydrogens is 308 g/mol. The van der Waals surface area contributed by atoms with Gasteiger partial charge in [0.25, 0.3) is 0 Å². The topological polar surface area (TPSA) is 57.5 Å². The van der Waals surface area contributed by atoms with Crippen LogP contribution in [0.25, 0.3) is 0 Å². The number of aliphatic carboxylic acids is 1. The first kappa shape index (κ1) is 14.4. The number of halogens is 1. The summed E-state index contributed by atoms with van der Waals surface area (Å²) in [7, 11) is 0. The van der Waals surface area contributed by atoms with E-state index >= 15 is 0 Å². The van der Waals surface area contributed by atoms with Crippen LogP contribution in [0.15, 0.2) is 4.47 Å². The fourth-order valence-corrected chi connectivity index (χ4v) is 3.86. The number of aromatic hydroxyl groups is 1. The average Bonchev–Trinajstić information content (AvgIpc) is 2.85. The van der Waals surface area contributed by atoms with Crippen LogP contribution in [-0.2, 0) is 10.2 Å². The highest BCUT2D eigenvalue weighted by Crippen LogP contribution is 2.48. The van der Waals surface area contributed by atoms with Crippen molar-refractivity contribution in [3.63, 3.8) is 0 Å². The first-order chi connectivity index (χ1) is 8.83. The number of phenolic OH excluding ortho intramolecular Hbond substituents is 1. The van der Waals surface area contributed by atoms with Crippen molar-refractivity contribution in [1.82, 2.24) is 0 Å². The van der Waals surface area contributed by atoms with E-state index in [0.29, 0.717) is 17.3 Å². The van der Waals surface area contributed by atoms with Gasteiger partial charge in [-0.2, -0.15) is 0 Å². The van der Waals surface area contributed by atoms with Gasteiger partial charge in [0, 0.05) is 0 Å². The number of rotatable bonds is 2. The standard InChI is InChI=1S/C15H19BrO3/c1-8-9(2)13(17)12(16)10(3)11(8)15(14(18)19)6-4-5-7-15/h17H,4-7H2,1-3H3,(H,18,19). The summed E-state index contributed by atoms with van der Waals surface area (Å²) in [5.41, 5.74) is 2.63. The maximum Gasteiger partial charge on any atom is 0.314 e. The van der Waals surface area contributed by atoms with Crippen LogP contribution >= 0.6 is 15.9 Å². The van der Waals surface area contributed by atoms with E-state index in [2.05, 4.69) is 15.9 Å². The van der Waals surface area contributed by atoms with Gasteiger partial charge in [-0.1, -0.05) is 12.8 Å². The Labute approximate surface area is 121 Å². The van der Waals surface area contributed by atoms with Crippen molar-refractivity contribution >= 4 is 21.9 Å². The number of carboxylic acids is 1. The lowest BCUT2D eigenvalue weighted by Gasteiger charge is -2.30. The molecule has 2 rings (SSSR count). The predicted molar refractivity (Wildman–Crippen MR) is 77.8 cm³/mol. The molecule has 1 aromatic rings. The predicted octanol–water partition coefficient (Wildman–Crippen LogP) is 3.98. The summed E-state index contributed by atoms with van der Waals surface area (Å²) in [5, 5.41) is 19.8. The summed E-state index contributed by atoms with van der Waals surface area (Å²) in [5.74, 6) is -0.523. The number of phenols is 1. The van der Waals surface area contributed by atoms with Gasteiger partial charge < -0.3 is 10.2 Å². The van der Waals surface area contributed by atoms with E-state index in [1.54, 1.807) is 0 Å². The zero-order chi connectivity index (χ0) is 14.4. The lowest BCUT2D eigenvalue weighted by Crippen LogP contribution is -2.34. The largest absolute Gasteiger partial charge is 0.506 e. The molecule has 19 heavy (non-hydrogen) atoms. The van der Waals surface area contributed by atoms with Gasteiger partial charge in [-0.25, -0.2) is 0 Å². The third-order valence-electron chi connectivity index (χ3n) is 4.55. The molecule has 0 amide bonds. The molecule has 1 aromatic carbocycles. The molecule has 0 aliphatic heterocycles. The van der Waals surface area contributed by atoms with Crippen LogP contribution in [0, 0.1) is 20.8 Å². The minimum atomic E-state index is -0.783. The normalized spacial score (nSPS) is 17.7. The summed E-state index contributed by atoms with van der Waals surface area (Å²) < 4.78 is 0.623. The molecule has 1 fully saturated rings. The van der Waals surface area contributed by atoms with Crippen LogP contribution in [-0.4, -0.2) is 16.2 Å². The van der Waals surface area contributed by atoms with Gasteiger partial charge in [0.15, 0.2) is 0 Å². The van der Waals surface area contributed by atoms with Crippen LogP contribution < -0.4 is 0 Å². The van der Waals surface area contributed by atoms with Crippen molar-refractivity contribution in [3.05, 3.63) is 26.7 Å². The quantitative estimate of drug-likeness (QED) is 0.864. The maximum atomic E-state index is 11.9. The highest BCUT2D eigenvalue weighted by molar-refractivity contribution is 9.10. The fraction of sp³-hybridized carbons (Fsp3) is 0.533. The minimum Gasteiger partial charge on any atom is -0.506 e. The number of hydrogen-bond donors (Lipinski definition) is 2. The molecule has 0 radical (unpaired) electrons. The molecule has 0 aromatic heterocycles. The Morgan fingerprint density at radius 2 is 1.63 bits per heavy atom. The number of carboxylic acid groups (broad SMARTS) is 1. The molecule has 1 aliphatic rings. The van der Waals surface area contributed by atoms with E-state index in [9.17, 15) is 15.0 Å². The van der Waals surface area contributed by atoms with E-state index in [1.165, 1.54) is 0 Å². The van der Waals surface area contributed by atoms with Gasteiger partial charge in [0.1, 0.15) is 5.75 Å². The van der Waals surface area contributed by atoms with Crippen LogP contribution in [0.2, 0.25) is 0 Å². The van der Waals surface area contributed by atoms with Gasteiger partial charge in [0.2, 0.25) is 0 Å². The molecule has 0 spiro atoms. The molecule has 1 aliphatic carbocycles. The molecule has 0 atom stereocenters. The molecule has 1 saturated carbocycles. The Bertz CT molecular complexity index is 514. The van der Waals surface area contributed by atoms with Crippen molar-refractivity contribution in [3.8, 4) is 5.75 Å². The maximum absolute atomic E-state index is 11.9. The summed E-state index contributed by atoms with van der Waals surface area (Å²) in [6, 6.07) is 0. The SMILES string of the molecule is Cc1c(C)c(C2(C(=O)O)CCCC2)c(C)c(Br)c1O. The van der Waals surface area contributed by atoms with Crippen LogP contribution in [0.4, 0.5) is 0 Å². The van der Waals surface area contributed by atoms with E-state index < -0.39 is 11.4 Å². The summed E-state index contributed by atoms with van der Waals surface area (Å²) >= 11 is 3.39. The Hall–Kier alpha value is -1.03. The van der Waals surface area contributed by atoms with Crippen LogP contribution in [0.5, 0.6) is 5.75 Å². The lowest BCUT2D eigenvalue weighted by atomic mass is 9.74. The molecule has 0 unspecified atom stereocenters. The molecule has 3 nitrogen and oxygen atoms in total. The van der Waals surface area contributed by atoms with Gasteiger partial charge in [-0.15, -0.1) is 0 Å². The van der Waals surface area contributed by atoms with Gasteiger partial charge in [-0.05, 0) is 71.8 Å². The monoisotopic (exact) mass is 326 g/mol. The minimum absolute atomic E-state index is 0.220. The van der Waals surface area contributed by atoms with Gasteiger partial charge in [0.05, 0.1) is 9.89 Å². The second kappa shape index (κ2) is 4.82. The zero-order valence-electron chi connectivity index (χ0n) is 11.5. The van der Waals surface area contributed by atoms with E-state index in [0.717, 1.165) is 35.1 Å². The number of hydrogen-bond acceptors (Lipinski definition) is 2. The molecule has 0 bridgehead atoms. The first-order valence-electron chi connectivity index (χ1n) is 6.55. The molecular formula is C15H19BrO3. The van der Waals surface area contributed by atoms with Crippen LogP contribution in [0.3, 0.4) is 0 Å². The summed E-state index contributed by atoms with van der Waals surface area (Å²) in [6.45, 7) is 5.63. The Kier molecular flexibility index (Phi) is 3.65. The highest BCUT2D eigenvalue weighted by Gasteiger charge is 2.45. The van der Waals surface area contributed by atoms with Crippen molar-refractivity contribution in [2.75, 3.05) is 0 Å². The van der Waals surface area contributed by atoms with E-state index in [1.807, 2.05) is 20.8 Å². The number of benzene rings is 1. The van der Waals surface area contributed by atoms with E-state index in [-0.39, 0.29) is 5.75 Å². The average molecular weight is 327 g/mol.